The van der Waals surface area contributed by atoms with Gasteiger partial charge >= 0.3 is 0 Å². The lowest BCUT2D eigenvalue weighted by atomic mass is 10.2. The third kappa shape index (κ3) is 1.64. The number of hydrogen-bond acceptors (Lipinski definition) is 4. The number of anilines is 1. The van der Waals surface area contributed by atoms with Crippen LogP contribution in [-0.2, 0) is 7.05 Å². The molecule has 0 atom stereocenters. The highest BCUT2D eigenvalue weighted by Crippen LogP contribution is 2.25. The van der Waals surface area contributed by atoms with E-state index in [4.69, 9.17) is 0 Å². The molecule has 82 valence electrons. The van der Waals surface area contributed by atoms with Crippen molar-refractivity contribution in [1.82, 2.24) is 19.7 Å². The smallest absolute Gasteiger partial charge is 0.224 e. The number of aromatic nitrogens is 4. The van der Waals surface area contributed by atoms with E-state index < -0.39 is 0 Å². The summed E-state index contributed by atoms with van der Waals surface area (Å²) in [5, 5.41) is 11.7. The van der Waals surface area contributed by atoms with Crippen LogP contribution in [0.15, 0.2) is 24.5 Å². The lowest BCUT2D eigenvalue weighted by Crippen LogP contribution is -2.07. The van der Waals surface area contributed by atoms with Gasteiger partial charge in [-0.3, -0.25) is 9.55 Å². The molecule has 0 unspecified atom stereocenters. The van der Waals surface area contributed by atoms with E-state index in [1.807, 2.05) is 23.7 Å². The first kappa shape index (κ1) is 9.33. The minimum absolute atomic E-state index is 0.591. The topological polar surface area (TPSA) is 55.6 Å². The molecule has 0 radical (unpaired) electrons. The normalized spacial score (nSPS) is 15.1. The summed E-state index contributed by atoms with van der Waals surface area (Å²) in [5.74, 6) is 1.71. The number of nitrogens with zero attached hydrogens (tertiary/aromatic N) is 4. The molecule has 1 fully saturated rings. The summed E-state index contributed by atoms with van der Waals surface area (Å²) in [5.41, 5.74) is 1.04. The third-order valence-electron chi connectivity index (χ3n) is 2.72. The second kappa shape index (κ2) is 3.59. The first-order valence-corrected chi connectivity index (χ1v) is 5.41. The van der Waals surface area contributed by atoms with Gasteiger partial charge in [0.2, 0.25) is 5.95 Å². The average Bonchev–Trinajstić information content (AvgIpc) is 3.06. The van der Waals surface area contributed by atoms with Crippen molar-refractivity contribution < 1.29 is 0 Å². The Hall–Kier alpha value is -1.91. The van der Waals surface area contributed by atoms with Crippen LogP contribution in [0.4, 0.5) is 5.95 Å². The lowest BCUT2D eigenvalue weighted by molar-refractivity contribution is 0.905. The highest BCUT2D eigenvalue weighted by Gasteiger charge is 2.23. The zero-order valence-electron chi connectivity index (χ0n) is 9.09. The van der Waals surface area contributed by atoms with E-state index in [2.05, 4.69) is 20.5 Å². The molecule has 2 aromatic heterocycles. The Balaban J connectivity index is 1.93. The van der Waals surface area contributed by atoms with E-state index in [0.717, 1.165) is 17.3 Å². The molecule has 0 aromatic carbocycles. The van der Waals surface area contributed by atoms with Crippen molar-refractivity contribution in [3.8, 4) is 11.4 Å². The molecule has 16 heavy (non-hydrogen) atoms. The quantitative estimate of drug-likeness (QED) is 0.842. The largest absolute Gasteiger partial charge is 0.352 e. The van der Waals surface area contributed by atoms with Crippen LogP contribution in [0, 0.1) is 0 Å². The Morgan fingerprint density at radius 3 is 2.69 bits per heavy atom. The first-order chi connectivity index (χ1) is 7.84. The fraction of sp³-hybridized carbons (Fsp3) is 0.364. The Labute approximate surface area is 93.5 Å². The first-order valence-electron chi connectivity index (χ1n) is 5.41. The van der Waals surface area contributed by atoms with Gasteiger partial charge in [-0.25, -0.2) is 0 Å². The molecule has 1 aliphatic rings. The zero-order chi connectivity index (χ0) is 11.0. The van der Waals surface area contributed by atoms with E-state index in [0.29, 0.717) is 6.04 Å². The molecular weight excluding hydrogens is 202 g/mol. The van der Waals surface area contributed by atoms with Gasteiger partial charge in [0, 0.05) is 31.0 Å². The molecule has 3 rings (SSSR count). The van der Waals surface area contributed by atoms with Crippen LogP contribution >= 0.6 is 0 Å². The Morgan fingerprint density at radius 1 is 1.25 bits per heavy atom. The molecule has 0 bridgehead atoms. The van der Waals surface area contributed by atoms with Crippen LogP contribution in [0.3, 0.4) is 0 Å². The van der Waals surface area contributed by atoms with Crippen LogP contribution in [0.25, 0.3) is 11.4 Å². The van der Waals surface area contributed by atoms with Gasteiger partial charge in [-0.15, -0.1) is 10.2 Å². The molecule has 0 aliphatic heterocycles. The monoisotopic (exact) mass is 215 g/mol. The van der Waals surface area contributed by atoms with Crippen molar-refractivity contribution in [2.45, 2.75) is 18.9 Å². The molecule has 1 aliphatic carbocycles. The van der Waals surface area contributed by atoms with Gasteiger partial charge in [-0.2, -0.15) is 0 Å². The van der Waals surface area contributed by atoms with E-state index in [1.165, 1.54) is 12.8 Å². The SMILES string of the molecule is Cn1c(NC2CC2)nnc1-c1ccncc1. The van der Waals surface area contributed by atoms with Crippen molar-refractivity contribution in [1.29, 1.82) is 0 Å². The maximum absolute atomic E-state index is 4.19. The fourth-order valence-corrected chi connectivity index (χ4v) is 1.62. The Morgan fingerprint density at radius 2 is 2.00 bits per heavy atom. The predicted molar refractivity (Wildman–Crippen MR) is 60.9 cm³/mol. The predicted octanol–water partition coefficient (Wildman–Crippen LogP) is 1.45. The summed E-state index contributed by atoms with van der Waals surface area (Å²) in [6.45, 7) is 0. The van der Waals surface area contributed by atoms with Gasteiger partial charge in [0.1, 0.15) is 0 Å². The van der Waals surface area contributed by atoms with Gasteiger partial charge in [0.05, 0.1) is 0 Å². The molecule has 0 amide bonds. The molecule has 2 aromatic rings. The third-order valence-corrected chi connectivity index (χ3v) is 2.72. The molecule has 5 heteroatoms. The Bertz CT molecular complexity index is 486. The summed E-state index contributed by atoms with van der Waals surface area (Å²) in [6.07, 6.45) is 5.99. The molecular formula is C11H13N5. The van der Waals surface area contributed by atoms with Crippen LogP contribution in [0.2, 0.25) is 0 Å². The number of pyridine rings is 1. The molecule has 1 saturated carbocycles. The van der Waals surface area contributed by atoms with Gasteiger partial charge in [-0.05, 0) is 25.0 Å². The maximum Gasteiger partial charge on any atom is 0.224 e. The van der Waals surface area contributed by atoms with Gasteiger partial charge in [0.15, 0.2) is 5.82 Å². The van der Waals surface area contributed by atoms with Crippen LogP contribution < -0.4 is 5.32 Å². The summed E-state index contributed by atoms with van der Waals surface area (Å²) >= 11 is 0. The van der Waals surface area contributed by atoms with Crippen molar-refractivity contribution in [2.24, 2.45) is 7.05 Å². The van der Waals surface area contributed by atoms with Gasteiger partial charge in [0.25, 0.3) is 0 Å². The number of hydrogen-bond donors (Lipinski definition) is 1. The summed E-state index contributed by atoms with van der Waals surface area (Å²) < 4.78 is 1.98. The highest BCUT2D eigenvalue weighted by atomic mass is 15.3. The minimum atomic E-state index is 0.591. The standard InChI is InChI=1S/C11H13N5/c1-16-10(8-4-6-12-7-5-8)14-15-11(16)13-9-2-3-9/h4-7,9H,2-3H2,1H3,(H,13,15). The molecule has 5 nitrogen and oxygen atoms in total. The van der Waals surface area contributed by atoms with Crippen molar-refractivity contribution in [3.05, 3.63) is 24.5 Å². The zero-order valence-corrected chi connectivity index (χ0v) is 9.09. The second-order valence-corrected chi connectivity index (χ2v) is 4.06. The van der Waals surface area contributed by atoms with Crippen LogP contribution in [0.5, 0.6) is 0 Å². The highest BCUT2D eigenvalue weighted by molar-refractivity contribution is 5.56. The van der Waals surface area contributed by atoms with E-state index in [9.17, 15) is 0 Å². The summed E-state index contributed by atoms with van der Waals surface area (Å²) in [7, 11) is 1.97. The molecule has 1 N–H and O–H groups in total. The second-order valence-electron chi connectivity index (χ2n) is 4.06. The Kier molecular flexibility index (Phi) is 2.09. The van der Waals surface area contributed by atoms with Gasteiger partial charge < -0.3 is 5.32 Å². The molecule has 0 spiro atoms. The summed E-state index contributed by atoms with van der Waals surface area (Å²) in [4.78, 5) is 3.99. The fourth-order valence-electron chi connectivity index (χ4n) is 1.62. The van der Waals surface area contributed by atoms with E-state index in [-0.39, 0.29) is 0 Å². The van der Waals surface area contributed by atoms with Crippen molar-refractivity contribution in [2.75, 3.05) is 5.32 Å². The lowest BCUT2D eigenvalue weighted by Gasteiger charge is -2.04. The van der Waals surface area contributed by atoms with Crippen molar-refractivity contribution in [3.63, 3.8) is 0 Å². The van der Waals surface area contributed by atoms with E-state index >= 15 is 0 Å². The average molecular weight is 215 g/mol. The maximum atomic E-state index is 4.19. The number of nitrogens with one attached hydrogen (secondary N) is 1. The van der Waals surface area contributed by atoms with Crippen LogP contribution in [0.1, 0.15) is 12.8 Å². The summed E-state index contributed by atoms with van der Waals surface area (Å²) in [6, 6.07) is 4.46. The molecule has 2 heterocycles. The minimum Gasteiger partial charge on any atom is -0.352 e. The van der Waals surface area contributed by atoms with Crippen molar-refractivity contribution >= 4 is 5.95 Å². The van der Waals surface area contributed by atoms with Crippen LogP contribution in [-0.4, -0.2) is 25.8 Å². The molecule has 0 saturated heterocycles. The van der Waals surface area contributed by atoms with E-state index in [1.54, 1.807) is 12.4 Å². The number of rotatable bonds is 3. The van der Waals surface area contributed by atoms with Gasteiger partial charge in [-0.1, -0.05) is 0 Å².